The highest BCUT2D eigenvalue weighted by atomic mass is 16.2. The molecular weight excluding hydrogens is 338 g/mol. The molecule has 27 heavy (non-hydrogen) atoms. The molecular formula is C22H27N3O2. The molecule has 1 saturated heterocycles. The summed E-state index contributed by atoms with van der Waals surface area (Å²) in [7, 11) is 1.67. The first-order valence-electron chi connectivity index (χ1n) is 9.64. The molecule has 5 nitrogen and oxygen atoms in total. The molecule has 142 valence electrons. The average molecular weight is 365 g/mol. The second kappa shape index (κ2) is 9.31. The van der Waals surface area contributed by atoms with Crippen LogP contribution in [-0.2, 0) is 17.6 Å². The zero-order valence-corrected chi connectivity index (χ0v) is 15.9. The summed E-state index contributed by atoms with van der Waals surface area (Å²) in [5.41, 5.74) is 3.05. The first kappa shape index (κ1) is 19.1. The van der Waals surface area contributed by atoms with Gasteiger partial charge < -0.3 is 10.2 Å². The molecule has 2 amide bonds. The van der Waals surface area contributed by atoms with Crippen LogP contribution < -0.4 is 5.32 Å². The number of likely N-dealkylation sites (tertiary alicyclic amines) is 1. The fraction of sp³-hybridized carbons (Fsp3) is 0.409. The van der Waals surface area contributed by atoms with Crippen LogP contribution in [0.1, 0.15) is 40.9 Å². The van der Waals surface area contributed by atoms with Crippen LogP contribution in [0.15, 0.2) is 48.7 Å². The van der Waals surface area contributed by atoms with Crippen LogP contribution in [0.5, 0.6) is 0 Å². The van der Waals surface area contributed by atoms with Gasteiger partial charge in [0.15, 0.2) is 0 Å². The number of aromatic nitrogens is 1. The molecule has 1 N–H and O–H groups in total. The van der Waals surface area contributed by atoms with Crippen LogP contribution in [0.25, 0.3) is 0 Å². The minimum absolute atomic E-state index is 0.0366. The number of piperidine rings is 1. The number of pyridine rings is 1. The van der Waals surface area contributed by atoms with E-state index in [9.17, 15) is 9.59 Å². The molecule has 3 rings (SSSR count). The van der Waals surface area contributed by atoms with Crippen molar-refractivity contribution >= 4 is 11.8 Å². The van der Waals surface area contributed by atoms with Crippen molar-refractivity contribution in [3.8, 4) is 0 Å². The van der Waals surface area contributed by atoms with E-state index < -0.39 is 0 Å². The third kappa shape index (κ3) is 5.39. The lowest BCUT2D eigenvalue weighted by atomic mass is 9.89. The van der Waals surface area contributed by atoms with Gasteiger partial charge in [-0.05, 0) is 54.9 Å². The number of rotatable bonds is 6. The molecule has 0 atom stereocenters. The van der Waals surface area contributed by atoms with E-state index in [2.05, 4.69) is 34.6 Å². The number of hydrogen-bond acceptors (Lipinski definition) is 3. The quantitative estimate of drug-likeness (QED) is 0.856. The Balaban J connectivity index is 1.46. The minimum atomic E-state index is 0.0366. The molecule has 5 heteroatoms. The standard InChI is InChI=1S/C22H27N3O2/c1-23-21(26)10-9-17-5-7-18(8-6-17)16-19-11-14-25(15-12-19)22(27)20-4-2-3-13-24-20/h2-8,13,19H,9-12,14-16H2,1H3,(H,23,26). The SMILES string of the molecule is CNC(=O)CCc1ccc(CC2CCN(C(=O)c3ccccn3)CC2)cc1. The molecule has 0 bridgehead atoms. The van der Waals surface area contributed by atoms with Crippen molar-refractivity contribution in [2.75, 3.05) is 20.1 Å². The Labute approximate surface area is 160 Å². The first-order chi connectivity index (χ1) is 13.2. The molecule has 2 aromatic rings. The topological polar surface area (TPSA) is 62.3 Å². The molecule has 0 spiro atoms. The van der Waals surface area contributed by atoms with Crippen molar-refractivity contribution in [2.24, 2.45) is 5.92 Å². The Morgan fingerprint density at radius 3 is 2.41 bits per heavy atom. The summed E-state index contributed by atoms with van der Waals surface area (Å²) < 4.78 is 0. The molecule has 1 aromatic heterocycles. The highest BCUT2D eigenvalue weighted by Crippen LogP contribution is 2.23. The zero-order valence-electron chi connectivity index (χ0n) is 15.9. The second-order valence-corrected chi connectivity index (χ2v) is 7.14. The van der Waals surface area contributed by atoms with Crippen molar-refractivity contribution in [1.29, 1.82) is 0 Å². The molecule has 1 aliphatic rings. The van der Waals surface area contributed by atoms with E-state index >= 15 is 0 Å². The molecule has 0 radical (unpaired) electrons. The summed E-state index contributed by atoms with van der Waals surface area (Å²) in [6.45, 7) is 1.59. The van der Waals surface area contributed by atoms with Gasteiger partial charge in [-0.15, -0.1) is 0 Å². The Kier molecular flexibility index (Phi) is 6.58. The summed E-state index contributed by atoms with van der Waals surface area (Å²) in [4.78, 5) is 29.9. The fourth-order valence-corrected chi connectivity index (χ4v) is 3.55. The Hall–Kier alpha value is -2.69. The second-order valence-electron chi connectivity index (χ2n) is 7.14. The van der Waals surface area contributed by atoms with Gasteiger partial charge in [0.1, 0.15) is 5.69 Å². The maximum Gasteiger partial charge on any atom is 0.272 e. The van der Waals surface area contributed by atoms with Crippen molar-refractivity contribution in [2.45, 2.75) is 32.1 Å². The Morgan fingerprint density at radius 1 is 1.07 bits per heavy atom. The number of aryl methyl sites for hydroxylation is 1. The van der Waals surface area contributed by atoms with Crippen molar-refractivity contribution in [1.82, 2.24) is 15.2 Å². The predicted molar refractivity (Wildman–Crippen MR) is 105 cm³/mol. The number of benzene rings is 1. The lowest BCUT2D eigenvalue weighted by molar-refractivity contribution is -0.120. The number of carbonyl (C=O) groups excluding carboxylic acids is 2. The van der Waals surface area contributed by atoms with E-state index in [1.807, 2.05) is 17.0 Å². The maximum absolute atomic E-state index is 12.5. The number of nitrogens with one attached hydrogen (secondary N) is 1. The van der Waals surface area contributed by atoms with Gasteiger partial charge in [-0.3, -0.25) is 14.6 Å². The van der Waals surface area contributed by atoms with Crippen molar-refractivity contribution in [3.63, 3.8) is 0 Å². The fourth-order valence-electron chi connectivity index (χ4n) is 3.55. The largest absolute Gasteiger partial charge is 0.359 e. The number of nitrogens with zero attached hydrogens (tertiary/aromatic N) is 2. The summed E-state index contributed by atoms with van der Waals surface area (Å²) >= 11 is 0. The van der Waals surface area contributed by atoms with Crippen LogP contribution >= 0.6 is 0 Å². The number of hydrogen-bond donors (Lipinski definition) is 1. The van der Waals surface area contributed by atoms with E-state index in [1.165, 1.54) is 11.1 Å². The average Bonchev–Trinajstić information content (AvgIpc) is 2.73. The first-order valence-corrected chi connectivity index (χ1v) is 9.64. The lowest BCUT2D eigenvalue weighted by Crippen LogP contribution is -2.39. The van der Waals surface area contributed by atoms with Crippen molar-refractivity contribution < 1.29 is 9.59 Å². The van der Waals surface area contributed by atoms with E-state index in [0.717, 1.165) is 38.8 Å². The lowest BCUT2D eigenvalue weighted by Gasteiger charge is -2.32. The van der Waals surface area contributed by atoms with Crippen LogP contribution in [0, 0.1) is 5.92 Å². The van der Waals surface area contributed by atoms with Crippen LogP contribution in [-0.4, -0.2) is 41.8 Å². The molecule has 1 aliphatic heterocycles. The summed E-state index contributed by atoms with van der Waals surface area (Å²) in [5.74, 6) is 0.718. The molecule has 0 unspecified atom stereocenters. The van der Waals surface area contributed by atoms with Gasteiger partial charge in [-0.2, -0.15) is 0 Å². The maximum atomic E-state index is 12.5. The summed E-state index contributed by atoms with van der Waals surface area (Å²) in [6.07, 6.45) is 6.06. The summed E-state index contributed by atoms with van der Waals surface area (Å²) in [6, 6.07) is 14.0. The molecule has 2 heterocycles. The van der Waals surface area contributed by atoms with E-state index in [4.69, 9.17) is 0 Å². The van der Waals surface area contributed by atoms with Crippen molar-refractivity contribution in [3.05, 3.63) is 65.5 Å². The monoisotopic (exact) mass is 365 g/mol. The number of carbonyl (C=O) groups is 2. The zero-order chi connectivity index (χ0) is 19.1. The molecule has 0 aliphatic carbocycles. The smallest absolute Gasteiger partial charge is 0.272 e. The molecule has 1 fully saturated rings. The van der Waals surface area contributed by atoms with Crippen LogP contribution in [0.4, 0.5) is 0 Å². The van der Waals surface area contributed by atoms with E-state index in [1.54, 1.807) is 19.3 Å². The van der Waals surface area contributed by atoms with Gasteiger partial charge in [0.05, 0.1) is 0 Å². The Morgan fingerprint density at radius 2 is 1.78 bits per heavy atom. The molecule has 0 saturated carbocycles. The normalized spacial score (nSPS) is 14.8. The highest BCUT2D eigenvalue weighted by molar-refractivity contribution is 5.92. The highest BCUT2D eigenvalue weighted by Gasteiger charge is 2.24. The van der Waals surface area contributed by atoms with Gasteiger partial charge in [-0.25, -0.2) is 0 Å². The van der Waals surface area contributed by atoms with Gasteiger partial charge in [0.25, 0.3) is 5.91 Å². The summed E-state index contributed by atoms with van der Waals surface area (Å²) in [5, 5.41) is 2.65. The number of amides is 2. The third-order valence-electron chi connectivity index (χ3n) is 5.25. The van der Waals surface area contributed by atoms with Crippen LogP contribution in [0.3, 0.4) is 0 Å². The van der Waals surface area contributed by atoms with Gasteiger partial charge in [0, 0.05) is 32.8 Å². The van der Waals surface area contributed by atoms with E-state index in [0.29, 0.717) is 18.0 Å². The van der Waals surface area contributed by atoms with Gasteiger partial charge in [-0.1, -0.05) is 30.3 Å². The van der Waals surface area contributed by atoms with E-state index in [-0.39, 0.29) is 11.8 Å². The third-order valence-corrected chi connectivity index (χ3v) is 5.25. The predicted octanol–water partition coefficient (Wildman–Crippen LogP) is 2.86. The van der Waals surface area contributed by atoms with Crippen LogP contribution in [0.2, 0.25) is 0 Å². The van der Waals surface area contributed by atoms with Gasteiger partial charge in [0.2, 0.25) is 5.91 Å². The minimum Gasteiger partial charge on any atom is -0.359 e. The molecule has 1 aromatic carbocycles. The van der Waals surface area contributed by atoms with Gasteiger partial charge >= 0.3 is 0 Å². The Bertz CT molecular complexity index is 751.